The summed E-state index contributed by atoms with van der Waals surface area (Å²) in [6.45, 7) is 5.08. The SMILES string of the molecule is CCCCN1C(=O)[C@@H](CC2(O)CCCCC2)NC(=O)C12CCN(CCCCC(=O)c1ccc(OC)cc1)CC2.Cl. The lowest BCUT2D eigenvalue weighted by Crippen LogP contribution is -2.73. The molecule has 3 fully saturated rings. The summed E-state index contributed by atoms with van der Waals surface area (Å²) in [5.74, 6) is 0.819. The van der Waals surface area contributed by atoms with Gasteiger partial charge in [-0.25, -0.2) is 0 Å². The van der Waals surface area contributed by atoms with Crippen molar-refractivity contribution in [1.82, 2.24) is 15.1 Å². The molecule has 40 heavy (non-hydrogen) atoms. The van der Waals surface area contributed by atoms with E-state index in [1.54, 1.807) is 7.11 Å². The van der Waals surface area contributed by atoms with Gasteiger partial charge in [0.15, 0.2) is 5.78 Å². The Labute approximate surface area is 245 Å². The number of methoxy groups -OCH3 is 1. The topological polar surface area (TPSA) is 99.2 Å². The molecular formula is C31H48ClN3O5. The highest BCUT2D eigenvalue weighted by Gasteiger charge is 2.54. The first-order valence-electron chi connectivity index (χ1n) is 15.0. The van der Waals surface area contributed by atoms with Crippen molar-refractivity contribution >= 4 is 30.0 Å². The van der Waals surface area contributed by atoms with Gasteiger partial charge in [-0.2, -0.15) is 0 Å². The Bertz CT molecular complexity index is 987. The number of nitrogens with zero attached hydrogens (tertiary/aromatic N) is 2. The fourth-order valence-electron chi connectivity index (χ4n) is 6.63. The van der Waals surface area contributed by atoms with Crippen LogP contribution >= 0.6 is 12.4 Å². The average Bonchev–Trinajstić information content (AvgIpc) is 2.95. The van der Waals surface area contributed by atoms with Crippen molar-refractivity contribution in [3.05, 3.63) is 29.8 Å². The summed E-state index contributed by atoms with van der Waals surface area (Å²) in [5, 5.41) is 14.1. The van der Waals surface area contributed by atoms with Crippen LogP contribution in [0.1, 0.15) is 101 Å². The molecule has 9 heteroatoms. The molecule has 1 aromatic rings. The van der Waals surface area contributed by atoms with Gasteiger partial charge in [0.2, 0.25) is 11.8 Å². The monoisotopic (exact) mass is 577 g/mol. The van der Waals surface area contributed by atoms with Crippen LogP contribution in [-0.2, 0) is 9.59 Å². The molecule has 1 aromatic carbocycles. The quantitative estimate of drug-likeness (QED) is 0.280. The minimum absolute atomic E-state index is 0. The second-order valence-electron chi connectivity index (χ2n) is 11.8. The largest absolute Gasteiger partial charge is 0.497 e. The Hall–Kier alpha value is -2.16. The van der Waals surface area contributed by atoms with Crippen LogP contribution < -0.4 is 10.1 Å². The minimum Gasteiger partial charge on any atom is -0.497 e. The van der Waals surface area contributed by atoms with Crippen LogP contribution in [0, 0.1) is 0 Å². The zero-order chi connectivity index (χ0) is 27.9. The van der Waals surface area contributed by atoms with Crippen LogP contribution in [0.25, 0.3) is 0 Å². The number of unbranched alkanes of at least 4 members (excludes halogenated alkanes) is 2. The summed E-state index contributed by atoms with van der Waals surface area (Å²) in [6, 6.07) is 6.61. The molecule has 2 amide bonds. The number of likely N-dealkylation sites (tertiary alicyclic amines) is 1. The Morgan fingerprint density at radius 2 is 1.68 bits per heavy atom. The van der Waals surface area contributed by atoms with Gasteiger partial charge in [0.1, 0.15) is 17.3 Å². The van der Waals surface area contributed by atoms with E-state index in [1.165, 1.54) is 0 Å². The highest BCUT2D eigenvalue weighted by molar-refractivity contribution is 6.00. The fraction of sp³-hybridized carbons (Fsp3) is 0.710. The number of amides is 2. The number of carbonyl (C=O) groups excluding carboxylic acids is 3. The molecule has 1 atom stereocenters. The Morgan fingerprint density at radius 1 is 1.00 bits per heavy atom. The minimum atomic E-state index is -0.856. The van der Waals surface area contributed by atoms with Gasteiger partial charge in [0.25, 0.3) is 0 Å². The van der Waals surface area contributed by atoms with E-state index in [1.807, 2.05) is 29.2 Å². The lowest BCUT2D eigenvalue weighted by Gasteiger charge is -2.52. The van der Waals surface area contributed by atoms with Gasteiger partial charge >= 0.3 is 0 Å². The first-order valence-corrected chi connectivity index (χ1v) is 15.0. The summed E-state index contributed by atoms with van der Waals surface area (Å²) in [6.07, 6.45) is 10.1. The fourth-order valence-corrected chi connectivity index (χ4v) is 6.63. The van der Waals surface area contributed by atoms with E-state index in [0.717, 1.165) is 70.3 Å². The predicted molar refractivity (Wildman–Crippen MR) is 158 cm³/mol. The van der Waals surface area contributed by atoms with Crippen molar-refractivity contribution in [2.45, 2.75) is 108 Å². The molecule has 1 spiro atoms. The number of ether oxygens (including phenoxy) is 1. The number of aliphatic hydroxyl groups is 1. The zero-order valence-electron chi connectivity index (χ0n) is 24.3. The van der Waals surface area contributed by atoms with Crippen LogP contribution in [0.3, 0.4) is 0 Å². The summed E-state index contributed by atoms with van der Waals surface area (Å²) < 4.78 is 5.16. The molecule has 0 radical (unpaired) electrons. The molecule has 2 N–H and O–H groups in total. The first kappa shape index (κ1) is 32.4. The molecule has 3 aliphatic rings. The molecule has 8 nitrogen and oxygen atoms in total. The van der Waals surface area contributed by atoms with Gasteiger partial charge in [-0.05, 0) is 75.8 Å². The number of Topliss-reactive ketones (excluding diaryl/α,β-unsaturated/α-hetero) is 1. The molecule has 1 aliphatic carbocycles. The molecule has 4 rings (SSSR count). The number of nitrogens with one attached hydrogen (secondary N) is 1. The van der Waals surface area contributed by atoms with E-state index < -0.39 is 17.2 Å². The molecule has 2 saturated heterocycles. The molecule has 2 heterocycles. The van der Waals surface area contributed by atoms with E-state index in [9.17, 15) is 19.5 Å². The third kappa shape index (κ3) is 7.56. The molecule has 2 aliphatic heterocycles. The van der Waals surface area contributed by atoms with Gasteiger partial charge in [0, 0.05) is 38.0 Å². The van der Waals surface area contributed by atoms with Crippen LogP contribution in [0.15, 0.2) is 24.3 Å². The molecule has 0 aromatic heterocycles. The summed E-state index contributed by atoms with van der Waals surface area (Å²) in [5.41, 5.74) is -0.936. The van der Waals surface area contributed by atoms with Crippen LogP contribution in [0.4, 0.5) is 0 Å². The van der Waals surface area contributed by atoms with E-state index in [4.69, 9.17) is 4.74 Å². The van der Waals surface area contributed by atoms with Crippen molar-refractivity contribution in [3.63, 3.8) is 0 Å². The average molecular weight is 578 g/mol. The van der Waals surface area contributed by atoms with Crippen molar-refractivity contribution in [3.8, 4) is 5.75 Å². The summed E-state index contributed by atoms with van der Waals surface area (Å²) >= 11 is 0. The Morgan fingerprint density at radius 3 is 2.30 bits per heavy atom. The van der Waals surface area contributed by atoms with E-state index in [0.29, 0.717) is 50.6 Å². The number of piperazine rings is 1. The standard InChI is InChI=1S/C31H47N3O5.ClH/c1-3-4-20-34-28(36)26(23-30(38)15-7-5-8-16-30)32-29(37)31(34)17-21-33(22-18-31)19-9-6-10-27(35)24-11-13-25(39-2)14-12-24;/h11-14,26,38H,3-10,15-23H2,1-2H3,(H,32,37);1H/t26-;/m1./s1. The zero-order valence-corrected chi connectivity index (χ0v) is 25.1. The van der Waals surface area contributed by atoms with Gasteiger partial charge in [-0.1, -0.05) is 32.6 Å². The van der Waals surface area contributed by atoms with E-state index >= 15 is 0 Å². The van der Waals surface area contributed by atoms with Gasteiger partial charge in [-0.15, -0.1) is 12.4 Å². The summed E-state index contributed by atoms with van der Waals surface area (Å²) in [7, 11) is 1.61. The maximum atomic E-state index is 13.7. The smallest absolute Gasteiger partial charge is 0.246 e. The predicted octanol–water partition coefficient (Wildman–Crippen LogP) is 4.52. The van der Waals surface area contributed by atoms with Gasteiger partial charge < -0.3 is 25.0 Å². The highest BCUT2D eigenvalue weighted by atomic mass is 35.5. The third-order valence-corrected chi connectivity index (χ3v) is 9.14. The van der Waals surface area contributed by atoms with Crippen molar-refractivity contribution in [2.24, 2.45) is 0 Å². The highest BCUT2D eigenvalue weighted by Crippen LogP contribution is 2.37. The maximum absolute atomic E-state index is 13.7. The normalized spacial score (nSPS) is 22.5. The number of rotatable bonds is 12. The van der Waals surface area contributed by atoms with E-state index in [-0.39, 0.29) is 30.0 Å². The maximum Gasteiger partial charge on any atom is 0.246 e. The number of hydrogen-bond acceptors (Lipinski definition) is 6. The number of piperidine rings is 1. The van der Waals surface area contributed by atoms with Crippen molar-refractivity contribution in [1.29, 1.82) is 0 Å². The number of benzene rings is 1. The molecular weight excluding hydrogens is 530 g/mol. The van der Waals surface area contributed by atoms with Crippen molar-refractivity contribution in [2.75, 3.05) is 33.3 Å². The van der Waals surface area contributed by atoms with Gasteiger partial charge in [0.05, 0.1) is 12.7 Å². The third-order valence-electron chi connectivity index (χ3n) is 9.14. The lowest BCUT2D eigenvalue weighted by atomic mass is 9.77. The van der Waals surface area contributed by atoms with Crippen LogP contribution in [-0.4, -0.2) is 83.0 Å². The summed E-state index contributed by atoms with van der Waals surface area (Å²) in [4.78, 5) is 44.1. The molecule has 224 valence electrons. The lowest BCUT2D eigenvalue weighted by molar-refractivity contribution is -0.163. The molecule has 0 bridgehead atoms. The second-order valence-corrected chi connectivity index (χ2v) is 11.8. The number of hydrogen-bond donors (Lipinski definition) is 2. The number of carbonyl (C=O) groups is 3. The number of halogens is 1. The van der Waals surface area contributed by atoms with Crippen LogP contribution in [0.2, 0.25) is 0 Å². The number of ketones is 1. The Balaban J connectivity index is 0.00000441. The Kier molecular flexibility index (Phi) is 11.8. The van der Waals surface area contributed by atoms with Gasteiger partial charge in [-0.3, -0.25) is 14.4 Å². The molecule has 0 unspecified atom stereocenters. The molecule has 1 saturated carbocycles. The van der Waals surface area contributed by atoms with Crippen molar-refractivity contribution < 1.29 is 24.2 Å². The van der Waals surface area contributed by atoms with Crippen LogP contribution in [0.5, 0.6) is 5.75 Å². The first-order chi connectivity index (χ1) is 18.8. The van der Waals surface area contributed by atoms with E-state index in [2.05, 4.69) is 17.1 Å². The second kappa shape index (κ2) is 14.6.